The van der Waals surface area contributed by atoms with E-state index < -0.39 is 5.97 Å². The van der Waals surface area contributed by atoms with E-state index in [2.05, 4.69) is 15.2 Å². The van der Waals surface area contributed by atoms with E-state index in [-0.39, 0.29) is 11.8 Å². The Hall–Kier alpha value is -1.83. The van der Waals surface area contributed by atoms with E-state index in [0.717, 1.165) is 17.9 Å². The lowest BCUT2D eigenvalue weighted by Gasteiger charge is -2.17. The minimum atomic E-state index is -0.853. The van der Waals surface area contributed by atoms with Crippen molar-refractivity contribution >= 4 is 17.7 Å². The SMILES string of the molecule is CCc1cnc(SCC(=O)O)n1C(C)c1nncn1C. The van der Waals surface area contributed by atoms with Crippen LogP contribution in [0.3, 0.4) is 0 Å². The van der Waals surface area contributed by atoms with Crippen LogP contribution in [0.1, 0.15) is 31.4 Å². The molecule has 0 aromatic carbocycles. The van der Waals surface area contributed by atoms with Crippen molar-refractivity contribution in [1.29, 1.82) is 0 Å². The van der Waals surface area contributed by atoms with E-state index in [9.17, 15) is 4.79 Å². The van der Waals surface area contributed by atoms with Crippen LogP contribution in [0.2, 0.25) is 0 Å². The topological polar surface area (TPSA) is 85.8 Å². The van der Waals surface area contributed by atoms with Gasteiger partial charge in [-0.15, -0.1) is 10.2 Å². The van der Waals surface area contributed by atoms with Crippen LogP contribution in [-0.2, 0) is 18.3 Å². The molecule has 1 unspecified atom stereocenters. The van der Waals surface area contributed by atoms with Crippen molar-refractivity contribution in [2.45, 2.75) is 31.5 Å². The predicted octanol–water partition coefficient (Wildman–Crippen LogP) is 1.36. The van der Waals surface area contributed by atoms with Gasteiger partial charge in [0.25, 0.3) is 0 Å². The number of aliphatic carboxylic acids is 1. The minimum absolute atomic E-state index is 0.00823. The molecule has 1 atom stereocenters. The van der Waals surface area contributed by atoms with E-state index >= 15 is 0 Å². The molecule has 0 fully saturated rings. The molecular formula is C12H17N5O2S. The van der Waals surface area contributed by atoms with Crippen LogP contribution in [0.25, 0.3) is 0 Å². The molecule has 0 radical (unpaired) electrons. The van der Waals surface area contributed by atoms with Crippen LogP contribution < -0.4 is 0 Å². The first kappa shape index (κ1) is 14.6. The lowest BCUT2D eigenvalue weighted by Crippen LogP contribution is -2.15. The summed E-state index contributed by atoms with van der Waals surface area (Å²) in [6.45, 7) is 4.05. The zero-order chi connectivity index (χ0) is 14.7. The second-order valence-corrected chi connectivity index (χ2v) is 5.36. The third kappa shape index (κ3) is 2.84. The number of carboxylic acid groups (broad SMARTS) is 1. The number of hydrogen-bond acceptors (Lipinski definition) is 5. The summed E-state index contributed by atoms with van der Waals surface area (Å²) in [4.78, 5) is 15.1. The fraction of sp³-hybridized carbons (Fsp3) is 0.500. The second-order valence-electron chi connectivity index (χ2n) is 4.41. The molecule has 0 saturated heterocycles. The van der Waals surface area contributed by atoms with Gasteiger partial charge >= 0.3 is 5.97 Å². The molecule has 1 N–H and O–H groups in total. The van der Waals surface area contributed by atoms with Crippen molar-refractivity contribution in [3.05, 3.63) is 24.0 Å². The highest BCUT2D eigenvalue weighted by Gasteiger charge is 2.20. The molecule has 8 heteroatoms. The Labute approximate surface area is 121 Å². The van der Waals surface area contributed by atoms with E-state index in [0.29, 0.717) is 5.16 Å². The monoisotopic (exact) mass is 295 g/mol. The molecule has 0 amide bonds. The van der Waals surface area contributed by atoms with Crippen molar-refractivity contribution in [1.82, 2.24) is 24.3 Å². The number of carboxylic acids is 1. The average molecular weight is 295 g/mol. The first-order valence-corrected chi connectivity index (χ1v) is 7.27. The first-order chi connectivity index (χ1) is 9.54. The molecular weight excluding hydrogens is 278 g/mol. The summed E-state index contributed by atoms with van der Waals surface area (Å²) in [6, 6.07) is -0.0451. The molecule has 0 bridgehead atoms. The molecule has 108 valence electrons. The zero-order valence-electron chi connectivity index (χ0n) is 11.6. The fourth-order valence-electron chi connectivity index (χ4n) is 2.07. The summed E-state index contributed by atoms with van der Waals surface area (Å²) in [5.41, 5.74) is 1.05. The molecule has 7 nitrogen and oxygen atoms in total. The lowest BCUT2D eigenvalue weighted by atomic mass is 10.2. The molecule has 0 aliphatic carbocycles. The number of nitrogens with zero attached hydrogens (tertiary/aromatic N) is 5. The van der Waals surface area contributed by atoms with Gasteiger partial charge in [-0.25, -0.2) is 4.98 Å². The van der Waals surface area contributed by atoms with Gasteiger partial charge in [-0.3, -0.25) is 4.79 Å². The molecule has 0 spiro atoms. The van der Waals surface area contributed by atoms with E-state index in [1.54, 1.807) is 12.5 Å². The molecule has 2 aromatic heterocycles. The van der Waals surface area contributed by atoms with Crippen molar-refractivity contribution in [3.63, 3.8) is 0 Å². The molecule has 0 aliphatic heterocycles. The largest absolute Gasteiger partial charge is 0.481 e. The number of aryl methyl sites for hydroxylation is 2. The molecule has 2 rings (SSSR count). The van der Waals surface area contributed by atoms with Crippen molar-refractivity contribution < 1.29 is 9.90 Å². The summed E-state index contributed by atoms with van der Waals surface area (Å²) < 4.78 is 3.88. The van der Waals surface area contributed by atoms with Crippen LogP contribution in [0, 0.1) is 0 Å². The summed E-state index contributed by atoms with van der Waals surface area (Å²) in [5, 5.41) is 17.5. The third-order valence-corrected chi connectivity index (χ3v) is 3.99. The lowest BCUT2D eigenvalue weighted by molar-refractivity contribution is -0.133. The molecule has 20 heavy (non-hydrogen) atoms. The van der Waals surface area contributed by atoms with Gasteiger partial charge in [0.1, 0.15) is 6.33 Å². The van der Waals surface area contributed by atoms with Gasteiger partial charge in [0, 0.05) is 18.9 Å². The van der Waals surface area contributed by atoms with E-state index in [4.69, 9.17) is 5.11 Å². The number of hydrogen-bond donors (Lipinski definition) is 1. The average Bonchev–Trinajstić information content (AvgIpc) is 3.01. The number of thioether (sulfide) groups is 1. The van der Waals surface area contributed by atoms with Gasteiger partial charge in [-0.2, -0.15) is 0 Å². The number of carbonyl (C=O) groups is 1. The van der Waals surface area contributed by atoms with Crippen LogP contribution in [-0.4, -0.2) is 41.1 Å². The van der Waals surface area contributed by atoms with Crippen LogP contribution >= 0.6 is 11.8 Å². The van der Waals surface area contributed by atoms with Gasteiger partial charge in [0.05, 0.1) is 11.8 Å². The Bertz CT molecular complexity index is 607. The van der Waals surface area contributed by atoms with Crippen LogP contribution in [0.4, 0.5) is 0 Å². The highest BCUT2D eigenvalue weighted by Crippen LogP contribution is 2.26. The fourth-order valence-corrected chi connectivity index (χ4v) is 2.87. The minimum Gasteiger partial charge on any atom is -0.481 e. The summed E-state index contributed by atoms with van der Waals surface area (Å²) in [7, 11) is 1.89. The predicted molar refractivity (Wildman–Crippen MR) is 74.8 cm³/mol. The maximum atomic E-state index is 10.7. The molecule has 2 heterocycles. The van der Waals surface area contributed by atoms with Gasteiger partial charge in [-0.1, -0.05) is 18.7 Å². The van der Waals surface area contributed by atoms with Gasteiger partial charge < -0.3 is 14.2 Å². The third-order valence-electron chi connectivity index (χ3n) is 3.03. The Morgan fingerprint density at radius 1 is 1.55 bits per heavy atom. The quantitative estimate of drug-likeness (QED) is 0.810. The van der Waals surface area contributed by atoms with E-state index in [1.165, 1.54) is 11.8 Å². The number of aromatic nitrogens is 5. The Balaban J connectivity index is 2.35. The molecule has 2 aromatic rings. The van der Waals surface area contributed by atoms with Gasteiger partial charge in [-0.05, 0) is 13.3 Å². The first-order valence-electron chi connectivity index (χ1n) is 6.29. The Morgan fingerprint density at radius 2 is 2.30 bits per heavy atom. The number of imidazole rings is 1. The Morgan fingerprint density at radius 3 is 2.85 bits per heavy atom. The van der Waals surface area contributed by atoms with Gasteiger partial charge in [0.2, 0.25) is 0 Å². The van der Waals surface area contributed by atoms with Crippen molar-refractivity contribution in [3.8, 4) is 0 Å². The zero-order valence-corrected chi connectivity index (χ0v) is 12.5. The van der Waals surface area contributed by atoms with Crippen molar-refractivity contribution in [2.75, 3.05) is 5.75 Å². The van der Waals surface area contributed by atoms with E-state index in [1.807, 2.05) is 30.0 Å². The van der Waals surface area contributed by atoms with Crippen LogP contribution in [0.15, 0.2) is 17.7 Å². The standard InChI is InChI=1S/C12H17N5O2S/c1-4-9-5-13-12(20-6-10(18)19)17(9)8(2)11-15-14-7-16(11)3/h5,7-8H,4,6H2,1-3H3,(H,18,19). The summed E-state index contributed by atoms with van der Waals surface area (Å²) in [5.74, 6) is -0.0464. The number of rotatable bonds is 6. The maximum Gasteiger partial charge on any atom is 0.313 e. The summed E-state index contributed by atoms with van der Waals surface area (Å²) >= 11 is 1.22. The smallest absolute Gasteiger partial charge is 0.313 e. The maximum absolute atomic E-state index is 10.7. The highest BCUT2D eigenvalue weighted by atomic mass is 32.2. The second kappa shape index (κ2) is 6.08. The molecule has 0 saturated carbocycles. The van der Waals surface area contributed by atoms with Gasteiger partial charge in [0.15, 0.2) is 11.0 Å². The Kier molecular flexibility index (Phi) is 4.43. The normalized spacial score (nSPS) is 12.6. The molecule has 0 aliphatic rings. The van der Waals surface area contributed by atoms with Crippen LogP contribution in [0.5, 0.6) is 0 Å². The summed E-state index contributed by atoms with van der Waals surface area (Å²) in [6.07, 6.45) is 4.26. The highest BCUT2D eigenvalue weighted by molar-refractivity contribution is 7.99. The van der Waals surface area contributed by atoms with Crippen molar-refractivity contribution in [2.24, 2.45) is 7.05 Å².